The van der Waals surface area contributed by atoms with Crippen LogP contribution in [0.4, 0.5) is 11.4 Å². The molecular formula is C23H22N6O2. The summed E-state index contributed by atoms with van der Waals surface area (Å²) in [5.74, 6) is -0.834. The number of hydrogen-bond acceptors (Lipinski definition) is 6. The Bertz CT molecular complexity index is 1090. The number of amides is 2. The molecule has 0 radical (unpaired) electrons. The van der Waals surface area contributed by atoms with Gasteiger partial charge in [0.05, 0.1) is 11.9 Å². The lowest BCUT2D eigenvalue weighted by Crippen LogP contribution is -2.45. The molecule has 8 heteroatoms. The molecule has 8 nitrogen and oxygen atoms in total. The second kappa shape index (κ2) is 9.98. The summed E-state index contributed by atoms with van der Waals surface area (Å²) in [6.45, 7) is 0. The number of carbonyl (C=O) groups is 2. The summed E-state index contributed by atoms with van der Waals surface area (Å²) >= 11 is 0. The summed E-state index contributed by atoms with van der Waals surface area (Å²) in [7, 11) is 3.83. The van der Waals surface area contributed by atoms with Crippen molar-refractivity contribution in [2.45, 2.75) is 12.5 Å². The van der Waals surface area contributed by atoms with Gasteiger partial charge >= 0.3 is 0 Å². The van der Waals surface area contributed by atoms with E-state index in [0.717, 1.165) is 11.3 Å². The van der Waals surface area contributed by atoms with Gasteiger partial charge in [-0.1, -0.05) is 30.3 Å². The SMILES string of the molecule is CN(C)c1ccc(C(=O)NC(Cc2ccccc2)C(=O)Nc2cncnc2C#N)cc1. The van der Waals surface area contributed by atoms with Crippen molar-refractivity contribution in [3.05, 3.63) is 83.9 Å². The highest BCUT2D eigenvalue weighted by Crippen LogP contribution is 2.14. The topological polar surface area (TPSA) is 111 Å². The molecule has 0 saturated carbocycles. The fourth-order valence-electron chi connectivity index (χ4n) is 2.94. The third kappa shape index (κ3) is 5.64. The Balaban J connectivity index is 1.81. The number of rotatable bonds is 7. The monoisotopic (exact) mass is 414 g/mol. The first kappa shape index (κ1) is 21.5. The van der Waals surface area contributed by atoms with E-state index in [4.69, 9.17) is 0 Å². The maximum Gasteiger partial charge on any atom is 0.251 e. The van der Waals surface area contributed by atoms with Crippen LogP contribution in [0.2, 0.25) is 0 Å². The summed E-state index contributed by atoms with van der Waals surface area (Å²) in [6, 6.07) is 17.5. The molecule has 0 fully saturated rings. The van der Waals surface area contributed by atoms with Crippen LogP contribution in [0.5, 0.6) is 0 Å². The van der Waals surface area contributed by atoms with Gasteiger partial charge in [0.25, 0.3) is 5.91 Å². The molecule has 3 rings (SSSR count). The number of nitrogens with one attached hydrogen (secondary N) is 2. The van der Waals surface area contributed by atoms with Crippen LogP contribution in [0, 0.1) is 11.3 Å². The van der Waals surface area contributed by atoms with Gasteiger partial charge in [0.2, 0.25) is 5.91 Å². The molecule has 1 aromatic heterocycles. The summed E-state index contributed by atoms with van der Waals surface area (Å²) in [5, 5.41) is 14.7. The Kier molecular flexibility index (Phi) is 6.91. The molecule has 1 heterocycles. The van der Waals surface area contributed by atoms with Crippen LogP contribution in [0.1, 0.15) is 21.6 Å². The van der Waals surface area contributed by atoms with Gasteiger partial charge in [-0.05, 0) is 29.8 Å². The minimum atomic E-state index is -0.866. The van der Waals surface area contributed by atoms with E-state index in [9.17, 15) is 14.9 Å². The summed E-state index contributed by atoms with van der Waals surface area (Å²) in [5.41, 5.74) is 2.53. The van der Waals surface area contributed by atoms with Crippen LogP contribution in [0.25, 0.3) is 0 Å². The van der Waals surface area contributed by atoms with Gasteiger partial charge < -0.3 is 15.5 Å². The van der Waals surface area contributed by atoms with E-state index in [2.05, 4.69) is 20.6 Å². The lowest BCUT2D eigenvalue weighted by molar-refractivity contribution is -0.118. The third-order valence-electron chi connectivity index (χ3n) is 4.63. The standard InChI is InChI=1S/C23H22N6O2/c1-29(2)18-10-8-17(9-11-18)22(30)27-19(12-16-6-4-3-5-7-16)23(31)28-21-14-25-15-26-20(21)13-24/h3-11,14-15,19H,12H2,1-2H3,(H,27,30)(H,28,31). The van der Waals surface area contributed by atoms with Crippen LogP contribution in [-0.4, -0.2) is 41.9 Å². The van der Waals surface area contributed by atoms with Crippen LogP contribution in [0.3, 0.4) is 0 Å². The van der Waals surface area contributed by atoms with E-state index >= 15 is 0 Å². The van der Waals surface area contributed by atoms with Crippen molar-refractivity contribution >= 4 is 23.2 Å². The largest absolute Gasteiger partial charge is 0.378 e. The number of carbonyl (C=O) groups excluding carboxylic acids is 2. The second-order valence-corrected chi connectivity index (χ2v) is 7.04. The zero-order valence-electron chi connectivity index (χ0n) is 17.2. The first-order valence-electron chi connectivity index (χ1n) is 9.61. The molecule has 3 aromatic rings. The van der Waals surface area contributed by atoms with Crippen molar-refractivity contribution in [1.29, 1.82) is 5.26 Å². The Labute approximate surface area is 180 Å². The number of nitrogens with zero attached hydrogens (tertiary/aromatic N) is 4. The molecule has 0 aliphatic heterocycles. The molecule has 1 atom stereocenters. The Morgan fingerprint density at radius 2 is 1.81 bits per heavy atom. The lowest BCUT2D eigenvalue weighted by atomic mass is 10.0. The molecule has 0 spiro atoms. The van der Waals surface area contributed by atoms with E-state index in [1.54, 1.807) is 12.1 Å². The number of anilines is 2. The average Bonchev–Trinajstić information content (AvgIpc) is 2.79. The van der Waals surface area contributed by atoms with Crippen molar-refractivity contribution in [2.24, 2.45) is 0 Å². The molecule has 0 saturated heterocycles. The van der Waals surface area contributed by atoms with Crippen LogP contribution >= 0.6 is 0 Å². The van der Waals surface area contributed by atoms with Crippen molar-refractivity contribution in [3.8, 4) is 6.07 Å². The van der Waals surface area contributed by atoms with Crippen molar-refractivity contribution in [3.63, 3.8) is 0 Å². The van der Waals surface area contributed by atoms with Gasteiger partial charge in [-0.25, -0.2) is 9.97 Å². The molecule has 0 aliphatic rings. The average molecular weight is 414 g/mol. The highest BCUT2D eigenvalue weighted by molar-refractivity contribution is 6.01. The van der Waals surface area contributed by atoms with Gasteiger partial charge in [-0.3, -0.25) is 9.59 Å². The van der Waals surface area contributed by atoms with Gasteiger partial charge in [-0.15, -0.1) is 0 Å². The molecule has 2 amide bonds. The zero-order valence-corrected chi connectivity index (χ0v) is 17.2. The fraction of sp³-hybridized carbons (Fsp3) is 0.174. The van der Waals surface area contributed by atoms with Crippen molar-refractivity contribution in [2.75, 3.05) is 24.3 Å². The van der Waals surface area contributed by atoms with Gasteiger partial charge in [0, 0.05) is 31.8 Å². The van der Waals surface area contributed by atoms with Crippen molar-refractivity contribution < 1.29 is 9.59 Å². The maximum atomic E-state index is 13.0. The van der Waals surface area contributed by atoms with Crippen molar-refractivity contribution in [1.82, 2.24) is 15.3 Å². The number of aromatic nitrogens is 2. The van der Waals surface area contributed by atoms with Crippen LogP contribution in [-0.2, 0) is 11.2 Å². The molecule has 1 unspecified atom stereocenters. The van der Waals surface area contributed by atoms with Crippen LogP contribution in [0.15, 0.2) is 67.1 Å². The molecule has 0 aliphatic carbocycles. The Hall–Kier alpha value is -4.25. The van der Waals surface area contributed by atoms with E-state index < -0.39 is 11.9 Å². The first-order chi connectivity index (χ1) is 15.0. The predicted octanol–water partition coefficient (Wildman–Crippen LogP) is 2.39. The number of nitriles is 1. The van der Waals surface area contributed by atoms with Gasteiger partial charge in [0.1, 0.15) is 18.4 Å². The minimum absolute atomic E-state index is 0.0485. The zero-order chi connectivity index (χ0) is 22.2. The van der Waals surface area contributed by atoms with Gasteiger partial charge in [-0.2, -0.15) is 5.26 Å². The molecule has 156 valence electrons. The number of hydrogen-bond donors (Lipinski definition) is 2. The fourth-order valence-corrected chi connectivity index (χ4v) is 2.94. The Morgan fingerprint density at radius 1 is 1.10 bits per heavy atom. The second-order valence-electron chi connectivity index (χ2n) is 7.04. The molecular weight excluding hydrogens is 392 g/mol. The summed E-state index contributed by atoms with van der Waals surface area (Å²) in [4.78, 5) is 35.5. The molecule has 2 N–H and O–H groups in total. The maximum absolute atomic E-state index is 13.0. The molecule has 31 heavy (non-hydrogen) atoms. The summed E-state index contributed by atoms with van der Waals surface area (Å²) < 4.78 is 0. The van der Waals surface area contributed by atoms with E-state index in [-0.39, 0.29) is 23.7 Å². The highest BCUT2D eigenvalue weighted by Gasteiger charge is 2.23. The van der Waals surface area contributed by atoms with Gasteiger partial charge in [0.15, 0.2) is 5.69 Å². The molecule has 0 bridgehead atoms. The van der Waals surface area contributed by atoms with E-state index in [0.29, 0.717) is 5.56 Å². The predicted molar refractivity (Wildman–Crippen MR) is 118 cm³/mol. The first-order valence-corrected chi connectivity index (χ1v) is 9.61. The Morgan fingerprint density at radius 3 is 2.45 bits per heavy atom. The number of benzene rings is 2. The van der Waals surface area contributed by atoms with Crippen LogP contribution < -0.4 is 15.5 Å². The van der Waals surface area contributed by atoms with E-state index in [1.807, 2.05) is 67.5 Å². The normalized spacial score (nSPS) is 11.1. The highest BCUT2D eigenvalue weighted by atomic mass is 16.2. The van der Waals surface area contributed by atoms with E-state index in [1.165, 1.54) is 12.5 Å². The molecule has 2 aromatic carbocycles. The minimum Gasteiger partial charge on any atom is -0.378 e. The lowest BCUT2D eigenvalue weighted by Gasteiger charge is -2.19. The third-order valence-corrected chi connectivity index (χ3v) is 4.63. The smallest absolute Gasteiger partial charge is 0.251 e. The summed E-state index contributed by atoms with van der Waals surface area (Å²) in [6.07, 6.45) is 2.86. The quantitative estimate of drug-likeness (QED) is 0.614.